The molecule has 1 heterocycles. The predicted molar refractivity (Wildman–Crippen MR) is 79.2 cm³/mol. The van der Waals surface area contributed by atoms with Crippen LogP contribution < -0.4 is 0 Å². The van der Waals surface area contributed by atoms with Crippen molar-refractivity contribution in [2.45, 2.75) is 96.2 Å². The second kappa shape index (κ2) is 6.37. The van der Waals surface area contributed by atoms with Crippen LogP contribution in [0.25, 0.3) is 0 Å². The van der Waals surface area contributed by atoms with Gasteiger partial charge in [-0.3, -0.25) is 0 Å². The second-order valence-corrected chi connectivity index (χ2v) is 12.0. The van der Waals surface area contributed by atoms with Gasteiger partial charge >= 0.3 is 0 Å². The third-order valence-corrected chi connectivity index (χ3v) is 7.54. The Balaban J connectivity index is 2.42. The Labute approximate surface area is 109 Å². The van der Waals surface area contributed by atoms with Crippen LogP contribution in [0, 0.1) is 0 Å². The molecule has 1 rings (SSSR count). The van der Waals surface area contributed by atoms with Gasteiger partial charge in [-0.25, -0.2) is 0 Å². The molecule has 17 heavy (non-hydrogen) atoms. The van der Waals surface area contributed by atoms with E-state index in [1.54, 1.807) is 0 Å². The van der Waals surface area contributed by atoms with Gasteiger partial charge in [-0.2, -0.15) is 0 Å². The van der Waals surface area contributed by atoms with Gasteiger partial charge < -0.3 is 4.74 Å². The van der Waals surface area contributed by atoms with Gasteiger partial charge in [0.25, 0.3) is 0 Å². The molecular formula is C15H32OSi. The Morgan fingerprint density at radius 1 is 0.941 bits per heavy atom. The fourth-order valence-corrected chi connectivity index (χ4v) is 5.52. The fourth-order valence-electron chi connectivity index (χ4n) is 2.98. The zero-order valence-electron chi connectivity index (χ0n) is 12.6. The summed E-state index contributed by atoms with van der Waals surface area (Å²) in [6.45, 7) is 12.0. The summed E-state index contributed by atoms with van der Waals surface area (Å²) in [5, 5.41) is 0.343. The maximum absolute atomic E-state index is 6.22. The smallest absolute Gasteiger partial charge is 0.0858 e. The Kier molecular flexibility index (Phi) is 5.71. The lowest BCUT2D eigenvalue weighted by molar-refractivity contribution is 0.322. The summed E-state index contributed by atoms with van der Waals surface area (Å²) in [7, 11) is -1.17. The van der Waals surface area contributed by atoms with Gasteiger partial charge in [-0.05, 0) is 12.8 Å². The summed E-state index contributed by atoms with van der Waals surface area (Å²) in [5.74, 6) is 0. The minimum atomic E-state index is -1.17. The van der Waals surface area contributed by atoms with Gasteiger partial charge in [-0.1, -0.05) is 72.0 Å². The van der Waals surface area contributed by atoms with E-state index in [0.717, 1.165) is 0 Å². The van der Waals surface area contributed by atoms with Gasteiger partial charge in [-0.15, -0.1) is 0 Å². The molecule has 1 aliphatic rings. The van der Waals surface area contributed by atoms with Crippen LogP contribution >= 0.6 is 0 Å². The maximum Gasteiger partial charge on any atom is 0.0858 e. The first-order valence-electron chi connectivity index (χ1n) is 7.65. The molecule has 0 radical (unpaired) electrons. The van der Waals surface area contributed by atoms with Crippen molar-refractivity contribution < 1.29 is 4.74 Å². The lowest BCUT2D eigenvalue weighted by Gasteiger charge is -2.26. The highest BCUT2D eigenvalue weighted by molar-refractivity contribution is 6.79. The largest absolute Gasteiger partial charge is 0.370 e. The molecule has 2 heteroatoms. The van der Waals surface area contributed by atoms with Gasteiger partial charge in [0.05, 0.1) is 19.4 Å². The molecule has 1 fully saturated rings. The molecule has 0 saturated carbocycles. The lowest BCUT2D eigenvalue weighted by atomic mass is 10.1. The molecule has 0 N–H and O–H groups in total. The summed E-state index contributed by atoms with van der Waals surface area (Å²) in [6.07, 6.45) is 11.4. The van der Waals surface area contributed by atoms with Crippen molar-refractivity contribution in [2.24, 2.45) is 0 Å². The number of ether oxygens (including phenoxy) is 1. The monoisotopic (exact) mass is 256 g/mol. The number of rotatable bonds is 9. The van der Waals surface area contributed by atoms with Crippen LogP contribution in [0.4, 0.5) is 0 Å². The third kappa shape index (κ3) is 3.82. The van der Waals surface area contributed by atoms with E-state index in [2.05, 4.69) is 33.5 Å². The van der Waals surface area contributed by atoms with Crippen molar-refractivity contribution in [3.63, 3.8) is 0 Å². The molecule has 0 spiro atoms. The molecule has 1 nitrogen and oxygen atoms in total. The van der Waals surface area contributed by atoms with Crippen molar-refractivity contribution in [3.05, 3.63) is 0 Å². The van der Waals surface area contributed by atoms with E-state index in [4.69, 9.17) is 4.74 Å². The molecule has 0 aliphatic carbocycles. The molecule has 0 aromatic carbocycles. The van der Waals surface area contributed by atoms with E-state index in [1.807, 2.05) is 0 Å². The third-order valence-electron chi connectivity index (χ3n) is 4.31. The minimum Gasteiger partial charge on any atom is -0.370 e. The van der Waals surface area contributed by atoms with Gasteiger partial charge in [0.1, 0.15) is 0 Å². The normalized spacial score (nSPS) is 28.4. The molecule has 0 aromatic rings. The van der Waals surface area contributed by atoms with Crippen LogP contribution in [0.5, 0.6) is 0 Å². The SMILES string of the molecule is CCCCCC1OC1(CCCCC)[Si](C)(C)C. The van der Waals surface area contributed by atoms with Crippen molar-refractivity contribution in [3.8, 4) is 0 Å². The first-order valence-corrected chi connectivity index (χ1v) is 11.2. The standard InChI is InChI=1S/C15H32OSi/c1-6-8-10-12-14-15(16-14,17(3,4)5)13-11-9-7-2/h14H,6-13H2,1-5H3. The first kappa shape index (κ1) is 15.2. The van der Waals surface area contributed by atoms with Crippen LogP contribution in [0.1, 0.15) is 65.2 Å². The highest BCUT2D eigenvalue weighted by atomic mass is 28.3. The van der Waals surface area contributed by atoms with Crippen molar-refractivity contribution in [1.82, 2.24) is 0 Å². The highest BCUT2D eigenvalue weighted by Crippen LogP contribution is 2.50. The van der Waals surface area contributed by atoms with Crippen molar-refractivity contribution in [1.29, 1.82) is 0 Å². The number of hydrogen-bond acceptors (Lipinski definition) is 1. The Morgan fingerprint density at radius 2 is 1.53 bits per heavy atom. The topological polar surface area (TPSA) is 12.5 Å². The quantitative estimate of drug-likeness (QED) is 0.315. The van der Waals surface area contributed by atoms with Gasteiger partial charge in [0, 0.05) is 0 Å². The predicted octanol–water partition coefficient (Wildman–Crippen LogP) is 5.16. The van der Waals surface area contributed by atoms with E-state index in [9.17, 15) is 0 Å². The van der Waals surface area contributed by atoms with Crippen LogP contribution in [0.2, 0.25) is 19.6 Å². The molecule has 1 aliphatic heterocycles. The first-order chi connectivity index (χ1) is 7.98. The lowest BCUT2D eigenvalue weighted by Crippen LogP contribution is -2.43. The average Bonchev–Trinajstić information content (AvgIpc) is 2.94. The van der Waals surface area contributed by atoms with Crippen LogP contribution in [-0.4, -0.2) is 19.4 Å². The zero-order chi connectivity index (χ0) is 12.9. The average molecular weight is 257 g/mol. The van der Waals surface area contributed by atoms with E-state index in [0.29, 0.717) is 11.3 Å². The summed E-state index contributed by atoms with van der Waals surface area (Å²) in [6, 6.07) is 0. The van der Waals surface area contributed by atoms with Gasteiger partial charge in [0.15, 0.2) is 0 Å². The molecule has 2 unspecified atom stereocenters. The summed E-state index contributed by atoms with van der Waals surface area (Å²) in [5.41, 5.74) is 0. The molecule has 0 aromatic heterocycles. The Bertz CT molecular complexity index is 221. The molecule has 0 bridgehead atoms. The molecular weight excluding hydrogens is 224 g/mol. The van der Waals surface area contributed by atoms with Crippen LogP contribution in [0.3, 0.4) is 0 Å². The fraction of sp³-hybridized carbons (Fsp3) is 1.00. The number of epoxide rings is 1. The van der Waals surface area contributed by atoms with E-state index < -0.39 is 8.07 Å². The van der Waals surface area contributed by atoms with Gasteiger partial charge in [0.2, 0.25) is 0 Å². The van der Waals surface area contributed by atoms with Crippen LogP contribution in [-0.2, 0) is 4.74 Å². The number of hydrogen-bond donors (Lipinski definition) is 0. The van der Waals surface area contributed by atoms with Crippen molar-refractivity contribution in [2.75, 3.05) is 0 Å². The summed E-state index contributed by atoms with van der Waals surface area (Å²) < 4.78 is 6.22. The van der Waals surface area contributed by atoms with E-state index >= 15 is 0 Å². The van der Waals surface area contributed by atoms with E-state index in [-0.39, 0.29) is 0 Å². The molecule has 0 amide bonds. The Morgan fingerprint density at radius 3 is 2.06 bits per heavy atom. The number of unbranched alkanes of at least 4 members (excludes halogenated alkanes) is 4. The molecule has 1 saturated heterocycles. The highest BCUT2D eigenvalue weighted by Gasteiger charge is 2.62. The maximum atomic E-state index is 6.22. The summed E-state index contributed by atoms with van der Waals surface area (Å²) >= 11 is 0. The van der Waals surface area contributed by atoms with Crippen LogP contribution in [0.15, 0.2) is 0 Å². The summed E-state index contributed by atoms with van der Waals surface area (Å²) in [4.78, 5) is 0. The van der Waals surface area contributed by atoms with Crippen molar-refractivity contribution >= 4 is 8.07 Å². The molecule has 2 atom stereocenters. The Hall–Kier alpha value is 0.177. The zero-order valence-corrected chi connectivity index (χ0v) is 13.6. The molecule has 102 valence electrons. The second-order valence-electron chi connectivity index (χ2n) is 6.70. The minimum absolute atomic E-state index is 0.343. The van der Waals surface area contributed by atoms with E-state index in [1.165, 1.54) is 51.4 Å².